The van der Waals surface area contributed by atoms with E-state index < -0.39 is 0 Å². The number of rotatable bonds is 3. The number of aromatic nitrogens is 1. The molecule has 3 heteroatoms. The highest BCUT2D eigenvalue weighted by atomic mass is 35.5. The summed E-state index contributed by atoms with van der Waals surface area (Å²) in [4.78, 5) is 4.05. The summed E-state index contributed by atoms with van der Waals surface area (Å²) < 4.78 is 4.96. The van der Waals surface area contributed by atoms with Crippen molar-refractivity contribution in [1.29, 1.82) is 0 Å². The van der Waals surface area contributed by atoms with Crippen LogP contribution in [0.25, 0.3) is 0 Å². The van der Waals surface area contributed by atoms with Crippen LogP contribution in [0.4, 0.5) is 0 Å². The largest absolute Gasteiger partial charge is 0.380 e. The van der Waals surface area contributed by atoms with Crippen LogP contribution in [0.2, 0.25) is 0 Å². The molecule has 0 bridgehead atoms. The number of nitrogens with zero attached hydrogens (tertiary/aromatic N) is 1. The fourth-order valence-corrected chi connectivity index (χ4v) is 1.00. The zero-order chi connectivity index (χ0) is 8.10. The van der Waals surface area contributed by atoms with Crippen molar-refractivity contribution in [2.45, 2.75) is 12.5 Å². The number of hydrogen-bond acceptors (Lipinski definition) is 2. The Morgan fingerprint density at radius 3 is 3.09 bits per heavy atom. The molecule has 0 unspecified atom stereocenters. The molecular formula is C8H10ClNO. The molecule has 2 nitrogen and oxygen atoms in total. The minimum Gasteiger partial charge on any atom is -0.380 e. The lowest BCUT2D eigenvalue weighted by Gasteiger charge is -1.99. The van der Waals surface area contributed by atoms with Crippen molar-refractivity contribution in [3.8, 4) is 0 Å². The van der Waals surface area contributed by atoms with Gasteiger partial charge in [-0.3, -0.25) is 4.98 Å². The standard InChI is InChI=1S/C8H10ClNO/c1-11-6-7-2-3-10-8(4-7)5-9/h2-4H,5-6H2,1H3. The molecule has 0 atom stereocenters. The van der Waals surface area contributed by atoms with Crippen LogP contribution in [0.3, 0.4) is 0 Å². The highest BCUT2D eigenvalue weighted by Crippen LogP contribution is 2.04. The Balaban J connectivity index is 2.74. The van der Waals surface area contributed by atoms with E-state index in [1.165, 1.54) is 0 Å². The van der Waals surface area contributed by atoms with Crippen LogP contribution in [-0.2, 0) is 17.2 Å². The van der Waals surface area contributed by atoms with Crippen LogP contribution in [0.5, 0.6) is 0 Å². The lowest BCUT2D eigenvalue weighted by atomic mass is 10.2. The monoisotopic (exact) mass is 171 g/mol. The minimum absolute atomic E-state index is 0.456. The summed E-state index contributed by atoms with van der Waals surface area (Å²) in [5.41, 5.74) is 2.00. The number of pyridine rings is 1. The Morgan fingerprint density at radius 1 is 1.64 bits per heavy atom. The molecule has 1 heterocycles. The van der Waals surface area contributed by atoms with Crippen molar-refractivity contribution in [2.24, 2.45) is 0 Å². The van der Waals surface area contributed by atoms with Gasteiger partial charge in [0.05, 0.1) is 18.2 Å². The second kappa shape index (κ2) is 4.31. The van der Waals surface area contributed by atoms with Gasteiger partial charge in [0.15, 0.2) is 0 Å². The zero-order valence-electron chi connectivity index (χ0n) is 6.38. The van der Waals surface area contributed by atoms with E-state index >= 15 is 0 Å². The van der Waals surface area contributed by atoms with E-state index in [0.29, 0.717) is 12.5 Å². The predicted octanol–water partition coefficient (Wildman–Crippen LogP) is 1.97. The van der Waals surface area contributed by atoms with Gasteiger partial charge in [-0.1, -0.05) is 0 Å². The van der Waals surface area contributed by atoms with Gasteiger partial charge in [-0.25, -0.2) is 0 Å². The van der Waals surface area contributed by atoms with Crippen LogP contribution < -0.4 is 0 Å². The summed E-state index contributed by atoms with van der Waals surface area (Å²) in [5.74, 6) is 0.456. The summed E-state index contributed by atoms with van der Waals surface area (Å²) in [5, 5.41) is 0. The Kier molecular flexibility index (Phi) is 3.33. The molecule has 1 aromatic heterocycles. The first-order valence-electron chi connectivity index (χ1n) is 3.35. The van der Waals surface area contributed by atoms with Gasteiger partial charge in [-0.2, -0.15) is 0 Å². The molecule has 0 amide bonds. The average Bonchev–Trinajstić information content (AvgIpc) is 2.06. The summed E-state index contributed by atoms with van der Waals surface area (Å²) in [6.07, 6.45) is 1.74. The third-order valence-electron chi connectivity index (χ3n) is 1.33. The maximum atomic E-state index is 5.60. The van der Waals surface area contributed by atoms with Gasteiger partial charge in [-0.05, 0) is 17.7 Å². The number of halogens is 1. The van der Waals surface area contributed by atoms with Crippen molar-refractivity contribution < 1.29 is 4.74 Å². The highest BCUT2D eigenvalue weighted by Gasteiger charge is 1.94. The molecule has 0 aliphatic heterocycles. The lowest BCUT2D eigenvalue weighted by molar-refractivity contribution is 0.185. The molecule has 0 N–H and O–H groups in total. The molecule has 0 spiro atoms. The Hall–Kier alpha value is -0.600. The third kappa shape index (κ3) is 2.48. The lowest BCUT2D eigenvalue weighted by Crippen LogP contribution is -1.91. The third-order valence-corrected chi connectivity index (χ3v) is 1.60. The number of hydrogen-bond donors (Lipinski definition) is 0. The van der Waals surface area contributed by atoms with Crippen LogP contribution in [0, 0.1) is 0 Å². The van der Waals surface area contributed by atoms with E-state index in [-0.39, 0.29) is 0 Å². The van der Waals surface area contributed by atoms with Crippen molar-refractivity contribution >= 4 is 11.6 Å². The molecule has 0 aliphatic rings. The second-order valence-corrected chi connectivity index (χ2v) is 2.49. The van der Waals surface area contributed by atoms with Crippen LogP contribution in [0.1, 0.15) is 11.3 Å². The van der Waals surface area contributed by atoms with E-state index in [4.69, 9.17) is 16.3 Å². The molecule has 1 rings (SSSR count). The Bertz CT molecular complexity index is 227. The molecule has 0 aliphatic carbocycles. The fraction of sp³-hybridized carbons (Fsp3) is 0.375. The van der Waals surface area contributed by atoms with Crippen LogP contribution in [-0.4, -0.2) is 12.1 Å². The maximum absolute atomic E-state index is 5.60. The first-order chi connectivity index (χ1) is 5.36. The van der Waals surface area contributed by atoms with Gasteiger partial charge >= 0.3 is 0 Å². The average molecular weight is 172 g/mol. The van der Waals surface area contributed by atoms with Gasteiger partial charge in [0.2, 0.25) is 0 Å². The van der Waals surface area contributed by atoms with Gasteiger partial charge in [0.25, 0.3) is 0 Å². The molecule has 0 radical (unpaired) electrons. The first kappa shape index (κ1) is 8.50. The number of ether oxygens (including phenoxy) is 1. The van der Waals surface area contributed by atoms with E-state index in [9.17, 15) is 0 Å². The number of methoxy groups -OCH3 is 1. The minimum atomic E-state index is 0.456. The van der Waals surface area contributed by atoms with Crippen LogP contribution in [0.15, 0.2) is 18.3 Å². The van der Waals surface area contributed by atoms with E-state index in [1.54, 1.807) is 13.3 Å². The van der Waals surface area contributed by atoms with E-state index in [1.807, 2.05) is 12.1 Å². The van der Waals surface area contributed by atoms with Crippen molar-refractivity contribution in [3.05, 3.63) is 29.6 Å². The zero-order valence-corrected chi connectivity index (χ0v) is 7.14. The maximum Gasteiger partial charge on any atom is 0.0714 e. The van der Waals surface area contributed by atoms with Crippen molar-refractivity contribution in [2.75, 3.05) is 7.11 Å². The molecule has 0 fully saturated rings. The molecule has 0 saturated heterocycles. The SMILES string of the molecule is COCc1ccnc(CCl)c1. The van der Waals surface area contributed by atoms with Gasteiger partial charge < -0.3 is 4.74 Å². The molecule has 1 aromatic rings. The molecule has 0 saturated carbocycles. The topological polar surface area (TPSA) is 22.1 Å². The van der Waals surface area contributed by atoms with Crippen molar-refractivity contribution in [1.82, 2.24) is 4.98 Å². The van der Waals surface area contributed by atoms with E-state index in [2.05, 4.69) is 4.98 Å². The molecule has 60 valence electrons. The fourth-order valence-electron chi connectivity index (χ4n) is 0.858. The van der Waals surface area contributed by atoms with Crippen LogP contribution >= 0.6 is 11.6 Å². The predicted molar refractivity (Wildman–Crippen MR) is 44.5 cm³/mol. The summed E-state index contributed by atoms with van der Waals surface area (Å²) >= 11 is 5.60. The number of alkyl halides is 1. The van der Waals surface area contributed by atoms with E-state index in [0.717, 1.165) is 11.3 Å². The first-order valence-corrected chi connectivity index (χ1v) is 3.89. The summed E-state index contributed by atoms with van der Waals surface area (Å²) in [7, 11) is 1.67. The van der Waals surface area contributed by atoms with Crippen molar-refractivity contribution in [3.63, 3.8) is 0 Å². The molecule has 0 aromatic carbocycles. The highest BCUT2D eigenvalue weighted by molar-refractivity contribution is 6.16. The summed E-state index contributed by atoms with van der Waals surface area (Å²) in [6.45, 7) is 0.617. The Morgan fingerprint density at radius 2 is 2.45 bits per heavy atom. The van der Waals surface area contributed by atoms with Gasteiger partial charge in [-0.15, -0.1) is 11.6 Å². The normalized spacial score (nSPS) is 10.0. The summed E-state index contributed by atoms with van der Waals surface area (Å²) in [6, 6.07) is 3.86. The molecule has 11 heavy (non-hydrogen) atoms. The quantitative estimate of drug-likeness (QED) is 0.649. The van der Waals surface area contributed by atoms with Gasteiger partial charge in [0.1, 0.15) is 0 Å². The molecular weight excluding hydrogens is 162 g/mol. The smallest absolute Gasteiger partial charge is 0.0714 e. The Labute approximate surface area is 71.2 Å². The van der Waals surface area contributed by atoms with Gasteiger partial charge in [0, 0.05) is 13.3 Å². The second-order valence-electron chi connectivity index (χ2n) is 2.22.